The lowest BCUT2D eigenvalue weighted by molar-refractivity contribution is -0.122. The normalized spacial score (nSPS) is 11.6. The lowest BCUT2D eigenvalue weighted by atomic mass is 10.1. The van der Waals surface area contributed by atoms with Gasteiger partial charge < -0.3 is 5.32 Å². The van der Waals surface area contributed by atoms with Crippen molar-refractivity contribution in [2.45, 2.75) is 39.0 Å². The van der Waals surface area contributed by atoms with E-state index in [0.717, 1.165) is 17.0 Å². The molecular formula is C25H23NO3S. The molecule has 0 saturated carbocycles. The quantitative estimate of drug-likeness (QED) is 0.381. The summed E-state index contributed by atoms with van der Waals surface area (Å²) >= 11 is 1.45. The van der Waals surface area contributed by atoms with Gasteiger partial charge in [-0.1, -0.05) is 30.3 Å². The minimum Gasteiger partial charge on any atom is -0.326 e. The zero-order valence-corrected chi connectivity index (χ0v) is 17.7. The van der Waals surface area contributed by atoms with Crippen LogP contribution in [0.25, 0.3) is 11.1 Å². The summed E-state index contributed by atoms with van der Waals surface area (Å²) in [6.07, 6.45) is 1.53. The highest BCUT2D eigenvalue weighted by molar-refractivity contribution is 7.14. The van der Waals surface area contributed by atoms with Gasteiger partial charge in [0.2, 0.25) is 5.91 Å². The van der Waals surface area contributed by atoms with Gasteiger partial charge in [0, 0.05) is 36.2 Å². The van der Waals surface area contributed by atoms with Crippen LogP contribution in [0.15, 0.2) is 54.6 Å². The monoisotopic (exact) mass is 417 g/mol. The van der Waals surface area contributed by atoms with E-state index >= 15 is 0 Å². The lowest BCUT2D eigenvalue weighted by Gasteiger charge is -2.08. The van der Waals surface area contributed by atoms with Crippen molar-refractivity contribution in [2.24, 2.45) is 0 Å². The minimum absolute atomic E-state index is 0.00922. The average molecular weight is 418 g/mol. The summed E-state index contributed by atoms with van der Waals surface area (Å²) in [5.41, 5.74) is 5.72. The minimum atomic E-state index is -0.181. The highest BCUT2D eigenvalue weighted by Crippen LogP contribution is 2.37. The number of carbonyl (C=O) groups is 3. The standard InChI is InChI=1S/C25H23NO3S/c1-16-6-12-24(30-16)23(28)11-8-20(27)9-13-25(29)26-19-7-10-22-18(15-19)14-17-4-2-3-5-21(17)22/h2-7,10,12,15H,8-9,11,13-14H2,1H3,(H,26,29). The smallest absolute Gasteiger partial charge is 0.224 e. The van der Waals surface area contributed by atoms with Crippen LogP contribution in [-0.2, 0) is 16.0 Å². The Morgan fingerprint density at radius 2 is 1.63 bits per heavy atom. The van der Waals surface area contributed by atoms with E-state index in [1.54, 1.807) is 6.07 Å². The first-order valence-electron chi connectivity index (χ1n) is 10.1. The Morgan fingerprint density at radius 1 is 0.867 bits per heavy atom. The Bertz CT molecular complexity index is 1130. The van der Waals surface area contributed by atoms with E-state index in [1.165, 1.54) is 33.6 Å². The molecule has 4 rings (SSSR count). The molecule has 1 aromatic heterocycles. The van der Waals surface area contributed by atoms with E-state index in [-0.39, 0.29) is 43.2 Å². The molecule has 2 aromatic carbocycles. The van der Waals surface area contributed by atoms with Crippen LogP contribution >= 0.6 is 11.3 Å². The van der Waals surface area contributed by atoms with E-state index in [9.17, 15) is 14.4 Å². The fourth-order valence-electron chi connectivity index (χ4n) is 3.78. The first-order valence-corrected chi connectivity index (χ1v) is 10.9. The van der Waals surface area contributed by atoms with Gasteiger partial charge >= 0.3 is 0 Å². The highest BCUT2D eigenvalue weighted by Gasteiger charge is 2.18. The first kappa shape index (κ1) is 20.2. The lowest BCUT2D eigenvalue weighted by Crippen LogP contribution is -2.14. The molecule has 0 radical (unpaired) electrons. The third-order valence-corrected chi connectivity index (χ3v) is 6.40. The van der Waals surface area contributed by atoms with Crippen LogP contribution in [0, 0.1) is 6.92 Å². The molecule has 0 atom stereocenters. The van der Waals surface area contributed by atoms with Crippen LogP contribution in [0.2, 0.25) is 0 Å². The molecule has 0 aliphatic heterocycles. The summed E-state index contributed by atoms with van der Waals surface area (Å²) in [5.74, 6) is -0.250. The number of nitrogens with one attached hydrogen (secondary N) is 1. The van der Waals surface area contributed by atoms with Gasteiger partial charge in [0.05, 0.1) is 4.88 Å². The molecule has 0 saturated heterocycles. The van der Waals surface area contributed by atoms with Crippen molar-refractivity contribution in [1.82, 2.24) is 0 Å². The predicted octanol–water partition coefficient (Wildman–Crippen LogP) is 5.58. The Hall–Kier alpha value is -3.05. The Balaban J connectivity index is 1.25. The number of amides is 1. The van der Waals surface area contributed by atoms with E-state index in [2.05, 4.69) is 17.4 Å². The number of fused-ring (bicyclic) bond motifs is 3. The number of carbonyl (C=O) groups excluding carboxylic acids is 3. The van der Waals surface area contributed by atoms with Crippen molar-refractivity contribution in [3.63, 3.8) is 0 Å². The largest absolute Gasteiger partial charge is 0.326 e. The molecule has 1 aliphatic rings. The number of rotatable bonds is 8. The first-order chi connectivity index (χ1) is 14.5. The van der Waals surface area contributed by atoms with Crippen LogP contribution < -0.4 is 5.32 Å². The van der Waals surface area contributed by atoms with E-state index in [1.807, 2.05) is 43.3 Å². The number of ketones is 2. The van der Waals surface area contributed by atoms with Gasteiger partial charge in [-0.3, -0.25) is 14.4 Å². The van der Waals surface area contributed by atoms with Crippen LogP contribution in [-0.4, -0.2) is 17.5 Å². The number of anilines is 1. The van der Waals surface area contributed by atoms with Crippen molar-refractivity contribution in [1.29, 1.82) is 0 Å². The molecule has 152 valence electrons. The summed E-state index contributed by atoms with van der Waals surface area (Å²) in [4.78, 5) is 38.2. The summed E-state index contributed by atoms with van der Waals surface area (Å²) in [5, 5.41) is 2.89. The second-order valence-corrected chi connectivity index (χ2v) is 8.91. The molecule has 4 nitrogen and oxygen atoms in total. The van der Waals surface area contributed by atoms with Crippen molar-refractivity contribution in [2.75, 3.05) is 5.32 Å². The third kappa shape index (κ3) is 4.57. The van der Waals surface area contributed by atoms with Gasteiger partial charge in [-0.15, -0.1) is 11.3 Å². The van der Waals surface area contributed by atoms with Crippen molar-refractivity contribution in [3.8, 4) is 11.1 Å². The third-order valence-electron chi connectivity index (χ3n) is 5.35. The molecule has 1 amide bonds. The number of hydrogen-bond acceptors (Lipinski definition) is 4. The van der Waals surface area contributed by atoms with Crippen molar-refractivity contribution >= 4 is 34.5 Å². The highest BCUT2D eigenvalue weighted by atomic mass is 32.1. The molecule has 0 unspecified atom stereocenters. The molecule has 0 spiro atoms. The van der Waals surface area contributed by atoms with Gasteiger partial charge in [0.1, 0.15) is 5.78 Å². The predicted molar refractivity (Wildman–Crippen MR) is 120 cm³/mol. The maximum Gasteiger partial charge on any atom is 0.224 e. The summed E-state index contributed by atoms with van der Waals surface area (Å²) in [6, 6.07) is 18.0. The summed E-state index contributed by atoms with van der Waals surface area (Å²) in [7, 11) is 0. The molecule has 30 heavy (non-hydrogen) atoms. The zero-order chi connectivity index (χ0) is 21.1. The van der Waals surface area contributed by atoms with E-state index < -0.39 is 0 Å². The van der Waals surface area contributed by atoms with Gasteiger partial charge in [-0.25, -0.2) is 0 Å². The Labute approximate surface area is 179 Å². The van der Waals surface area contributed by atoms with E-state index in [4.69, 9.17) is 0 Å². The molecule has 1 heterocycles. The van der Waals surface area contributed by atoms with Gasteiger partial charge in [0.15, 0.2) is 5.78 Å². The molecular weight excluding hydrogens is 394 g/mol. The van der Waals surface area contributed by atoms with Crippen LogP contribution in [0.5, 0.6) is 0 Å². The molecule has 1 aliphatic carbocycles. The maximum absolute atomic E-state index is 12.3. The molecule has 5 heteroatoms. The Morgan fingerprint density at radius 3 is 2.43 bits per heavy atom. The van der Waals surface area contributed by atoms with Gasteiger partial charge in [-0.2, -0.15) is 0 Å². The molecule has 0 bridgehead atoms. The number of benzene rings is 2. The average Bonchev–Trinajstić information content (AvgIpc) is 3.33. The summed E-state index contributed by atoms with van der Waals surface area (Å²) < 4.78 is 0. The Kier molecular flexibility index (Phi) is 5.91. The van der Waals surface area contributed by atoms with Crippen LogP contribution in [0.1, 0.15) is 51.4 Å². The fourth-order valence-corrected chi connectivity index (χ4v) is 4.62. The number of aryl methyl sites for hydroxylation is 1. The molecule has 3 aromatic rings. The number of thiophene rings is 1. The van der Waals surface area contributed by atoms with Gasteiger partial charge in [-0.05, 0) is 59.9 Å². The number of hydrogen-bond donors (Lipinski definition) is 1. The molecule has 0 fully saturated rings. The maximum atomic E-state index is 12.3. The number of Topliss-reactive ketones (excluding diaryl/α,β-unsaturated/α-hetero) is 2. The SMILES string of the molecule is Cc1ccc(C(=O)CCC(=O)CCC(=O)Nc2ccc3c(c2)Cc2ccccc2-3)s1. The van der Waals surface area contributed by atoms with Crippen LogP contribution in [0.3, 0.4) is 0 Å². The van der Waals surface area contributed by atoms with Gasteiger partial charge in [0.25, 0.3) is 0 Å². The van der Waals surface area contributed by atoms with E-state index in [0.29, 0.717) is 4.88 Å². The second-order valence-electron chi connectivity index (χ2n) is 7.63. The van der Waals surface area contributed by atoms with Crippen molar-refractivity contribution in [3.05, 3.63) is 75.5 Å². The van der Waals surface area contributed by atoms with Crippen LogP contribution in [0.4, 0.5) is 5.69 Å². The topological polar surface area (TPSA) is 63.2 Å². The molecule has 1 N–H and O–H groups in total. The zero-order valence-electron chi connectivity index (χ0n) is 16.9. The summed E-state index contributed by atoms with van der Waals surface area (Å²) in [6.45, 7) is 1.95. The fraction of sp³-hybridized carbons (Fsp3) is 0.240. The second kappa shape index (κ2) is 8.76. The van der Waals surface area contributed by atoms with Crippen molar-refractivity contribution < 1.29 is 14.4 Å².